The molecule has 1 unspecified atom stereocenters. The third-order valence-electron chi connectivity index (χ3n) is 3.18. The minimum Gasteiger partial charge on any atom is -0.360 e. The fraction of sp³-hybridized carbons (Fsp3) is 0.357. The van der Waals surface area contributed by atoms with E-state index >= 15 is 0 Å². The van der Waals surface area contributed by atoms with E-state index in [1.807, 2.05) is 37.3 Å². The van der Waals surface area contributed by atoms with Crippen LogP contribution in [0, 0.1) is 13.8 Å². The molecule has 0 spiro atoms. The number of sulfonamides is 1. The lowest BCUT2D eigenvalue weighted by Gasteiger charge is -2.13. The Morgan fingerprint density at radius 3 is 2.45 bits per heavy atom. The van der Waals surface area contributed by atoms with Gasteiger partial charge in [-0.05, 0) is 25.3 Å². The quantitative estimate of drug-likeness (QED) is 0.919. The Morgan fingerprint density at radius 1 is 1.25 bits per heavy atom. The first kappa shape index (κ1) is 14.7. The highest BCUT2D eigenvalue weighted by Gasteiger charge is 2.24. The number of hydrogen-bond donors (Lipinski definition) is 1. The third kappa shape index (κ3) is 3.08. The van der Waals surface area contributed by atoms with Crippen molar-refractivity contribution in [1.29, 1.82) is 0 Å². The minimum atomic E-state index is -3.59. The van der Waals surface area contributed by atoms with Crippen LogP contribution < -0.4 is 4.72 Å². The molecule has 0 aliphatic rings. The van der Waals surface area contributed by atoms with Crippen LogP contribution in [-0.2, 0) is 10.0 Å². The van der Waals surface area contributed by atoms with Crippen LogP contribution in [0.3, 0.4) is 0 Å². The molecule has 1 heterocycles. The summed E-state index contributed by atoms with van der Waals surface area (Å²) >= 11 is 0. The van der Waals surface area contributed by atoms with E-state index in [9.17, 15) is 8.42 Å². The van der Waals surface area contributed by atoms with Gasteiger partial charge in [-0.15, -0.1) is 0 Å². The molecule has 108 valence electrons. The molecule has 0 amide bonds. The van der Waals surface area contributed by atoms with Gasteiger partial charge < -0.3 is 4.52 Å². The lowest BCUT2D eigenvalue weighted by molar-refractivity contribution is 0.390. The van der Waals surface area contributed by atoms with Crippen molar-refractivity contribution in [2.24, 2.45) is 0 Å². The second-order valence-electron chi connectivity index (χ2n) is 4.82. The highest BCUT2D eigenvalue weighted by molar-refractivity contribution is 7.89. The Bertz CT molecular complexity index is 658. The van der Waals surface area contributed by atoms with Crippen LogP contribution in [0.1, 0.15) is 29.9 Å². The number of nitrogens with one attached hydrogen (secondary N) is 1. The zero-order valence-corrected chi connectivity index (χ0v) is 12.6. The van der Waals surface area contributed by atoms with Gasteiger partial charge >= 0.3 is 0 Å². The molecular weight excluding hydrogens is 276 g/mol. The summed E-state index contributed by atoms with van der Waals surface area (Å²) in [4.78, 5) is 0.137. The zero-order valence-electron chi connectivity index (χ0n) is 11.8. The van der Waals surface area contributed by atoms with Gasteiger partial charge in [-0.3, -0.25) is 0 Å². The van der Waals surface area contributed by atoms with E-state index in [1.165, 1.54) is 0 Å². The van der Waals surface area contributed by atoms with Crippen molar-refractivity contribution >= 4 is 10.0 Å². The number of aryl methyl sites for hydroxylation is 2. The van der Waals surface area contributed by atoms with Gasteiger partial charge in [0.05, 0.1) is 0 Å². The molecule has 0 fully saturated rings. The Kier molecular flexibility index (Phi) is 4.25. The average molecular weight is 294 g/mol. The zero-order chi connectivity index (χ0) is 14.8. The summed E-state index contributed by atoms with van der Waals surface area (Å²) in [5.74, 6) is 0.397. The summed E-state index contributed by atoms with van der Waals surface area (Å²) in [6, 6.07) is 9.78. The van der Waals surface area contributed by atoms with E-state index in [4.69, 9.17) is 4.52 Å². The van der Waals surface area contributed by atoms with Crippen LogP contribution in [-0.4, -0.2) is 20.1 Å². The van der Waals surface area contributed by atoms with Crippen molar-refractivity contribution in [2.45, 2.75) is 31.6 Å². The summed E-state index contributed by atoms with van der Waals surface area (Å²) in [5, 5.41) is 3.67. The first-order chi connectivity index (χ1) is 9.42. The highest BCUT2D eigenvalue weighted by atomic mass is 32.2. The summed E-state index contributed by atoms with van der Waals surface area (Å²) in [6.45, 7) is 5.52. The predicted octanol–water partition coefficient (Wildman–Crippen LogP) is 2.37. The fourth-order valence-corrected chi connectivity index (χ4v) is 3.52. The third-order valence-corrected chi connectivity index (χ3v) is 4.85. The Balaban J connectivity index is 2.11. The van der Waals surface area contributed by atoms with Crippen molar-refractivity contribution < 1.29 is 12.9 Å². The van der Waals surface area contributed by atoms with Crippen LogP contribution in [0.4, 0.5) is 0 Å². The molecule has 0 aliphatic heterocycles. The van der Waals surface area contributed by atoms with E-state index in [1.54, 1.807) is 13.8 Å². The maximum absolute atomic E-state index is 12.3. The van der Waals surface area contributed by atoms with Crippen LogP contribution in [0.25, 0.3) is 0 Å². The SMILES string of the molecule is Cc1noc(C)c1S(=O)(=O)NCC(C)c1ccccc1. The second-order valence-corrected chi connectivity index (χ2v) is 6.52. The van der Waals surface area contributed by atoms with E-state index in [2.05, 4.69) is 9.88 Å². The Hall–Kier alpha value is -1.66. The molecule has 0 radical (unpaired) electrons. The van der Waals surface area contributed by atoms with Gasteiger partial charge in [0.1, 0.15) is 10.6 Å². The van der Waals surface area contributed by atoms with Gasteiger partial charge in [-0.25, -0.2) is 13.1 Å². The number of benzene rings is 1. The number of hydrogen-bond acceptors (Lipinski definition) is 4. The van der Waals surface area contributed by atoms with Crippen LogP contribution in [0.2, 0.25) is 0 Å². The lowest BCUT2D eigenvalue weighted by atomic mass is 10.0. The lowest BCUT2D eigenvalue weighted by Crippen LogP contribution is -2.28. The predicted molar refractivity (Wildman–Crippen MR) is 76.0 cm³/mol. The van der Waals surface area contributed by atoms with Gasteiger partial charge in [0.15, 0.2) is 5.76 Å². The maximum Gasteiger partial charge on any atom is 0.245 e. The number of nitrogens with zero attached hydrogens (tertiary/aromatic N) is 1. The molecule has 0 aliphatic carbocycles. The summed E-state index contributed by atoms with van der Waals surface area (Å²) in [5.41, 5.74) is 1.47. The molecule has 0 saturated carbocycles. The molecule has 1 aromatic heterocycles. The molecule has 0 saturated heterocycles. The average Bonchev–Trinajstić information content (AvgIpc) is 2.77. The van der Waals surface area contributed by atoms with E-state index < -0.39 is 10.0 Å². The standard InChI is InChI=1S/C14H18N2O3S/c1-10(13-7-5-4-6-8-13)9-15-20(17,18)14-11(2)16-19-12(14)3/h4-8,10,15H,9H2,1-3H3. The van der Waals surface area contributed by atoms with Crippen LogP contribution >= 0.6 is 0 Å². The monoisotopic (exact) mass is 294 g/mol. The molecule has 6 heteroatoms. The molecule has 1 N–H and O–H groups in total. The van der Waals surface area contributed by atoms with Crippen molar-refractivity contribution in [2.75, 3.05) is 6.54 Å². The minimum absolute atomic E-state index is 0.0893. The first-order valence-electron chi connectivity index (χ1n) is 6.39. The van der Waals surface area contributed by atoms with Gasteiger partial charge in [0.25, 0.3) is 0 Å². The van der Waals surface area contributed by atoms with Crippen molar-refractivity contribution in [3.63, 3.8) is 0 Å². The van der Waals surface area contributed by atoms with Gasteiger partial charge in [-0.1, -0.05) is 42.4 Å². The smallest absolute Gasteiger partial charge is 0.245 e. The van der Waals surface area contributed by atoms with E-state index in [-0.39, 0.29) is 10.8 Å². The molecule has 1 aromatic carbocycles. The second kappa shape index (κ2) is 5.76. The Labute approximate surface area is 119 Å². The summed E-state index contributed by atoms with van der Waals surface area (Å²) < 4.78 is 32.0. The van der Waals surface area contributed by atoms with E-state index in [0.29, 0.717) is 18.0 Å². The summed E-state index contributed by atoms with van der Waals surface area (Å²) in [7, 11) is -3.59. The van der Waals surface area contributed by atoms with E-state index in [0.717, 1.165) is 5.56 Å². The molecule has 0 bridgehead atoms. The topological polar surface area (TPSA) is 72.2 Å². The van der Waals surface area contributed by atoms with Gasteiger partial charge in [0, 0.05) is 6.54 Å². The van der Waals surface area contributed by atoms with Gasteiger partial charge in [0.2, 0.25) is 10.0 Å². The van der Waals surface area contributed by atoms with Gasteiger partial charge in [-0.2, -0.15) is 0 Å². The van der Waals surface area contributed by atoms with Crippen molar-refractivity contribution in [3.8, 4) is 0 Å². The normalized spacial score (nSPS) is 13.3. The summed E-state index contributed by atoms with van der Waals surface area (Å²) in [6.07, 6.45) is 0. The van der Waals surface area contributed by atoms with Crippen molar-refractivity contribution in [1.82, 2.24) is 9.88 Å². The molecule has 1 atom stereocenters. The molecular formula is C14H18N2O3S. The largest absolute Gasteiger partial charge is 0.360 e. The number of aromatic nitrogens is 1. The first-order valence-corrected chi connectivity index (χ1v) is 7.87. The van der Waals surface area contributed by atoms with Crippen LogP contribution in [0.15, 0.2) is 39.8 Å². The fourth-order valence-electron chi connectivity index (χ4n) is 2.06. The maximum atomic E-state index is 12.3. The molecule has 2 aromatic rings. The number of rotatable bonds is 5. The Morgan fingerprint density at radius 2 is 1.90 bits per heavy atom. The molecule has 5 nitrogen and oxygen atoms in total. The van der Waals surface area contributed by atoms with Crippen LogP contribution in [0.5, 0.6) is 0 Å². The molecule has 20 heavy (non-hydrogen) atoms. The van der Waals surface area contributed by atoms with Crippen molar-refractivity contribution in [3.05, 3.63) is 47.3 Å². The molecule has 2 rings (SSSR count). The highest BCUT2D eigenvalue weighted by Crippen LogP contribution is 2.20.